The zero-order chi connectivity index (χ0) is 11.1. The number of benzene rings is 1. The van der Waals surface area contributed by atoms with Gasteiger partial charge in [0, 0.05) is 25.5 Å². The third-order valence-corrected chi connectivity index (χ3v) is 3.26. The van der Waals surface area contributed by atoms with Crippen LogP contribution in [-0.4, -0.2) is 18.2 Å². The molecule has 2 aromatic rings. The van der Waals surface area contributed by atoms with E-state index in [0.29, 0.717) is 0 Å². The molecule has 1 aliphatic rings. The van der Waals surface area contributed by atoms with Crippen molar-refractivity contribution in [1.29, 1.82) is 0 Å². The van der Waals surface area contributed by atoms with Crippen molar-refractivity contribution in [2.45, 2.75) is 13.0 Å². The molecule has 3 rings (SSSR count). The molecule has 3 nitrogen and oxygen atoms in total. The minimum atomic E-state index is 0.139. The Bertz CT molecular complexity index is 600. The summed E-state index contributed by atoms with van der Waals surface area (Å²) >= 11 is 0. The molecule has 0 amide bonds. The standard InChI is InChI=1S/C13H14N2O/c1-14-7-4-8-15-12(14)9-10-5-2-3-6-11(10)13(15)16/h2-3,5-6,9H,4,7-8H2,1H3. The van der Waals surface area contributed by atoms with Crippen LogP contribution in [0.2, 0.25) is 0 Å². The third-order valence-electron chi connectivity index (χ3n) is 3.26. The van der Waals surface area contributed by atoms with E-state index >= 15 is 0 Å². The van der Waals surface area contributed by atoms with Crippen molar-refractivity contribution >= 4 is 16.6 Å². The van der Waals surface area contributed by atoms with Crippen molar-refractivity contribution in [1.82, 2.24) is 4.57 Å². The van der Waals surface area contributed by atoms with Crippen molar-refractivity contribution in [3.05, 3.63) is 40.7 Å². The molecule has 82 valence electrons. The van der Waals surface area contributed by atoms with Gasteiger partial charge in [-0.1, -0.05) is 18.2 Å². The highest BCUT2D eigenvalue weighted by atomic mass is 16.1. The molecule has 0 N–H and O–H groups in total. The normalized spacial score (nSPS) is 15.2. The summed E-state index contributed by atoms with van der Waals surface area (Å²) in [5.41, 5.74) is 0.139. The minimum absolute atomic E-state index is 0.139. The lowest BCUT2D eigenvalue weighted by Crippen LogP contribution is -2.35. The van der Waals surface area contributed by atoms with Gasteiger partial charge in [0.15, 0.2) is 0 Å². The lowest BCUT2D eigenvalue weighted by molar-refractivity contribution is 0.569. The van der Waals surface area contributed by atoms with Gasteiger partial charge in [0.2, 0.25) is 0 Å². The molecule has 1 aromatic carbocycles. The van der Waals surface area contributed by atoms with Gasteiger partial charge < -0.3 is 4.90 Å². The van der Waals surface area contributed by atoms with Gasteiger partial charge in [-0.25, -0.2) is 0 Å². The van der Waals surface area contributed by atoms with E-state index in [1.54, 1.807) is 0 Å². The Kier molecular flexibility index (Phi) is 1.99. The molecule has 0 radical (unpaired) electrons. The zero-order valence-corrected chi connectivity index (χ0v) is 9.31. The van der Waals surface area contributed by atoms with Crippen molar-refractivity contribution < 1.29 is 0 Å². The average molecular weight is 214 g/mol. The van der Waals surface area contributed by atoms with Gasteiger partial charge in [-0.3, -0.25) is 9.36 Å². The van der Waals surface area contributed by atoms with Crippen molar-refractivity contribution in [2.75, 3.05) is 18.5 Å². The molecule has 16 heavy (non-hydrogen) atoms. The van der Waals surface area contributed by atoms with Gasteiger partial charge in [-0.05, 0) is 23.9 Å². The van der Waals surface area contributed by atoms with Crippen LogP contribution < -0.4 is 10.5 Å². The van der Waals surface area contributed by atoms with Crippen LogP contribution in [0.4, 0.5) is 5.82 Å². The number of nitrogens with zero attached hydrogens (tertiary/aromatic N) is 2. The second-order valence-corrected chi connectivity index (χ2v) is 4.32. The van der Waals surface area contributed by atoms with Crippen LogP contribution in [0.3, 0.4) is 0 Å². The van der Waals surface area contributed by atoms with E-state index in [9.17, 15) is 4.79 Å². The van der Waals surface area contributed by atoms with Gasteiger partial charge in [0.25, 0.3) is 5.56 Å². The molecule has 0 atom stereocenters. The number of aromatic nitrogens is 1. The lowest BCUT2D eigenvalue weighted by Gasteiger charge is -2.28. The molecular weight excluding hydrogens is 200 g/mol. The van der Waals surface area contributed by atoms with Crippen molar-refractivity contribution in [3.63, 3.8) is 0 Å². The first-order valence-electron chi connectivity index (χ1n) is 5.61. The van der Waals surface area contributed by atoms with Gasteiger partial charge in [-0.2, -0.15) is 0 Å². The van der Waals surface area contributed by atoms with Gasteiger partial charge in [-0.15, -0.1) is 0 Å². The largest absolute Gasteiger partial charge is 0.361 e. The number of pyridine rings is 1. The van der Waals surface area contributed by atoms with Gasteiger partial charge in [0.05, 0.1) is 0 Å². The molecule has 3 heteroatoms. The molecule has 0 saturated carbocycles. The van der Waals surface area contributed by atoms with Crippen molar-refractivity contribution in [3.8, 4) is 0 Å². The van der Waals surface area contributed by atoms with E-state index in [1.807, 2.05) is 35.9 Å². The Morgan fingerprint density at radius 1 is 1.19 bits per heavy atom. The van der Waals surface area contributed by atoms with Crippen molar-refractivity contribution in [2.24, 2.45) is 0 Å². The predicted octanol–water partition coefficient (Wildman–Crippen LogP) is 1.84. The molecule has 1 aliphatic heterocycles. The van der Waals surface area contributed by atoms with Crippen LogP contribution in [0, 0.1) is 0 Å². The van der Waals surface area contributed by atoms with Gasteiger partial charge in [0.1, 0.15) is 5.82 Å². The third kappa shape index (κ3) is 1.24. The fourth-order valence-electron chi connectivity index (χ4n) is 2.40. The summed E-state index contributed by atoms with van der Waals surface area (Å²) in [6.07, 6.45) is 1.04. The van der Waals surface area contributed by atoms with E-state index < -0.39 is 0 Å². The van der Waals surface area contributed by atoms with E-state index in [1.165, 1.54) is 0 Å². The molecule has 0 aliphatic carbocycles. The SMILES string of the molecule is CN1CCCn2c1cc1ccccc1c2=O. The topological polar surface area (TPSA) is 25.2 Å². The van der Waals surface area contributed by atoms with Crippen LogP contribution in [0.5, 0.6) is 0 Å². The summed E-state index contributed by atoms with van der Waals surface area (Å²) in [4.78, 5) is 14.4. The molecule has 1 aromatic heterocycles. The molecule has 0 unspecified atom stereocenters. The smallest absolute Gasteiger partial charge is 0.259 e. The molecule has 0 bridgehead atoms. The quantitative estimate of drug-likeness (QED) is 0.668. The van der Waals surface area contributed by atoms with Crippen LogP contribution >= 0.6 is 0 Å². The second kappa shape index (κ2) is 3.37. The Morgan fingerprint density at radius 3 is 2.88 bits per heavy atom. The number of fused-ring (bicyclic) bond motifs is 2. The fourth-order valence-corrected chi connectivity index (χ4v) is 2.40. The van der Waals surface area contributed by atoms with E-state index in [-0.39, 0.29) is 5.56 Å². The minimum Gasteiger partial charge on any atom is -0.361 e. The summed E-state index contributed by atoms with van der Waals surface area (Å²) in [6.45, 7) is 1.86. The fraction of sp³-hybridized carbons (Fsp3) is 0.308. The summed E-state index contributed by atoms with van der Waals surface area (Å²) in [6, 6.07) is 9.90. The predicted molar refractivity (Wildman–Crippen MR) is 66.1 cm³/mol. The molecular formula is C13H14N2O. The molecule has 0 saturated heterocycles. The number of rotatable bonds is 0. The van der Waals surface area contributed by atoms with Crippen LogP contribution in [0.25, 0.3) is 10.8 Å². The average Bonchev–Trinajstić information content (AvgIpc) is 2.31. The van der Waals surface area contributed by atoms with Gasteiger partial charge >= 0.3 is 0 Å². The number of hydrogen-bond acceptors (Lipinski definition) is 2. The highest BCUT2D eigenvalue weighted by Gasteiger charge is 2.15. The first-order chi connectivity index (χ1) is 7.77. The summed E-state index contributed by atoms with van der Waals surface area (Å²) < 4.78 is 1.88. The Hall–Kier alpha value is -1.77. The van der Waals surface area contributed by atoms with E-state index in [4.69, 9.17) is 0 Å². The summed E-state index contributed by atoms with van der Waals surface area (Å²) in [7, 11) is 2.04. The van der Waals surface area contributed by atoms with Crippen LogP contribution in [0.1, 0.15) is 6.42 Å². The second-order valence-electron chi connectivity index (χ2n) is 4.32. The number of hydrogen-bond donors (Lipinski definition) is 0. The first-order valence-corrected chi connectivity index (χ1v) is 5.61. The lowest BCUT2D eigenvalue weighted by atomic mass is 10.1. The van der Waals surface area contributed by atoms with E-state index in [2.05, 4.69) is 11.0 Å². The maximum Gasteiger partial charge on any atom is 0.259 e. The first kappa shape index (κ1) is 9.46. The summed E-state index contributed by atoms with van der Waals surface area (Å²) in [5.74, 6) is 1.04. The maximum absolute atomic E-state index is 12.3. The zero-order valence-electron chi connectivity index (χ0n) is 9.31. The molecule has 0 fully saturated rings. The molecule has 0 spiro atoms. The van der Waals surface area contributed by atoms with Crippen LogP contribution in [0.15, 0.2) is 35.1 Å². The Balaban J connectivity index is 2.41. The molecule has 2 heterocycles. The van der Waals surface area contributed by atoms with Crippen LogP contribution in [-0.2, 0) is 6.54 Å². The maximum atomic E-state index is 12.3. The highest BCUT2D eigenvalue weighted by molar-refractivity contribution is 5.84. The Labute approximate surface area is 93.9 Å². The van der Waals surface area contributed by atoms with E-state index in [0.717, 1.165) is 36.1 Å². The highest BCUT2D eigenvalue weighted by Crippen LogP contribution is 2.21. The Morgan fingerprint density at radius 2 is 2.00 bits per heavy atom. The monoisotopic (exact) mass is 214 g/mol. The summed E-state index contributed by atoms with van der Waals surface area (Å²) in [5, 5.41) is 1.86. The number of anilines is 1.